The van der Waals surface area contributed by atoms with Crippen molar-refractivity contribution in [3.63, 3.8) is 0 Å². The lowest BCUT2D eigenvalue weighted by Gasteiger charge is -2.30. The smallest absolute Gasteiger partial charge is 0.120 e. The molecule has 0 bridgehead atoms. The van der Waals surface area contributed by atoms with Gasteiger partial charge in [-0.15, -0.1) is 0 Å². The van der Waals surface area contributed by atoms with Crippen molar-refractivity contribution in [2.24, 2.45) is 5.92 Å². The molecule has 1 aliphatic rings. The molecule has 0 radical (unpaired) electrons. The summed E-state index contributed by atoms with van der Waals surface area (Å²) >= 11 is 0. The fraction of sp³-hybridized carbons (Fsp3) is 0.625. The van der Waals surface area contributed by atoms with Gasteiger partial charge in [0.05, 0.1) is 0 Å². The highest BCUT2D eigenvalue weighted by atomic mass is 16.5. The molecule has 1 fully saturated rings. The fourth-order valence-electron chi connectivity index (χ4n) is 2.38. The molecule has 2 heteroatoms. The minimum Gasteiger partial charge on any atom is -0.490 e. The number of piperidine rings is 1. The summed E-state index contributed by atoms with van der Waals surface area (Å²) in [5, 5.41) is 3.41. The van der Waals surface area contributed by atoms with Gasteiger partial charge in [-0.2, -0.15) is 0 Å². The van der Waals surface area contributed by atoms with Crippen molar-refractivity contribution >= 4 is 0 Å². The predicted molar refractivity (Wildman–Crippen MR) is 76.2 cm³/mol. The van der Waals surface area contributed by atoms with Gasteiger partial charge in [-0.1, -0.05) is 39.8 Å². The topological polar surface area (TPSA) is 21.3 Å². The first kappa shape index (κ1) is 13.4. The van der Waals surface area contributed by atoms with Crippen LogP contribution in [0.4, 0.5) is 0 Å². The fourth-order valence-corrected chi connectivity index (χ4v) is 2.38. The summed E-state index contributed by atoms with van der Waals surface area (Å²) in [5.74, 6) is 1.60. The second-order valence-electron chi connectivity index (χ2n) is 6.40. The third-order valence-electron chi connectivity index (χ3n) is 3.69. The van der Waals surface area contributed by atoms with E-state index in [1.165, 1.54) is 5.56 Å². The van der Waals surface area contributed by atoms with Crippen molar-refractivity contribution in [1.82, 2.24) is 5.32 Å². The van der Waals surface area contributed by atoms with Crippen LogP contribution in [0.15, 0.2) is 24.3 Å². The third-order valence-corrected chi connectivity index (χ3v) is 3.69. The molecule has 0 spiro atoms. The summed E-state index contributed by atoms with van der Waals surface area (Å²) in [5.41, 5.74) is 1.51. The Kier molecular flexibility index (Phi) is 3.96. The summed E-state index contributed by atoms with van der Waals surface area (Å²) in [6, 6.07) is 8.54. The van der Waals surface area contributed by atoms with E-state index in [-0.39, 0.29) is 5.41 Å². The van der Waals surface area contributed by atoms with E-state index in [9.17, 15) is 0 Å². The first-order valence-electron chi connectivity index (χ1n) is 6.95. The summed E-state index contributed by atoms with van der Waals surface area (Å²) in [6.45, 7) is 11.1. The highest BCUT2D eigenvalue weighted by Crippen LogP contribution is 2.27. The van der Waals surface area contributed by atoms with Gasteiger partial charge in [-0.25, -0.2) is 0 Å². The van der Waals surface area contributed by atoms with Gasteiger partial charge in [0, 0.05) is 12.5 Å². The molecule has 0 aliphatic carbocycles. The maximum Gasteiger partial charge on any atom is 0.120 e. The molecule has 0 saturated carbocycles. The molecule has 2 rings (SSSR count). The average molecular weight is 247 g/mol. The molecular weight excluding hydrogens is 222 g/mol. The van der Waals surface area contributed by atoms with Gasteiger partial charge in [0.1, 0.15) is 11.9 Å². The molecule has 1 heterocycles. The monoisotopic (exact) mass is 247 g/mol. The lowest BCUT2D eigenvalue weighted by atomic mass is 9.87. The van der Waals surface area contributed by atoms with E-state index in [0.29, 0.717) is 12.0 Å². The van der Waals surface area contributed by atoms with Crippen LogP contribution in [0.5, 0.6) is 5.75 Å². The van der Waals surface area contributed by atoms with Gasteiger partial charge < -0.3 is 10.1 Å². The second-order valence-corrected chi connectivity index (χ2v) is 6.40. The molecule has 100 valence electrons. The Morgan fingerprint density at radius 1 is 1.28 bits per heavy atom. The maximum atomic E-state index is 6.16. The maximum absolute atomic E-state index is 6.16. The number of hydrogen-bond acceptors (Lipinski definition) is 2. The lowest BCUT2D eigenvalue weighted by Crippen LogP contribution is -2.41. The highest BCUT2D eigenvalue weighted by Gasteiger charge is 2.23. The van der Waals surface area contributed by atoms with E-state index in [2.05, 4.69) is 57.3 Å². The molecule has 1 saturated heterocycles. The summed E-state index contributed by atoms with van der Waals surface area (Å²) < 4.78 is 6.16. The van der Waals surface area contributed by atoms with Crippen molar-refractivity contribution < 1.29 is 4.74 Å². The molecule has 1 aromatic carbocycles. The van der Waals surface area contributed by atoms with Crippen LogP contribution in [0.2, 0.25) is 0 Å². The second kappa shape index (κ2) is 5.31. The van der Waals surface area contributed by atoms with Crippen molar-refractivity contribution in [2.45, 2.75) is 45.6 Å². The molecule has 2 unspecified atom stereocenters. The molecular formula is C16H25NO. The molecule has 1 aliphatic heterocycles. The quantitative estimate of drug-likeness (QED) is 0.865. The van der Waals surface area contributed by atoms with Crippen LogP contribution in [0.3, 0.4) is 0 Å². The molecule has 1 N–H and O–H groups in total. The first-order valence-corrected chi connectivity index (χ1v) is 6.95. The number of benzene rings is 1. The van der Waals surface area contributed by atoms with Crippen LogP contribution < -0.4 is 10.1 Å². The summed E-state index contributed by atoms with van der Waals surface area (Å²) in [4.78, 5) is 0. The van der Waals surface area contributed by atoms with Gasteiger partial charge in [0.15, 0.2) is 0 Å². The van der Waals surface area contributed by atoms with Gasteiger partial charge in [0.2, 0.25) is 0 Å². The van der Waals surface area contributed by atoms with Crippen LogP contribution in [0.1, 0.15) is 39.7 Å². The van der Waals surface area contributed by atoms with Crippen LogP contribution in [-0.4, -0.2) is 19.2 Å². The van der Waals surface area contributed by atoms with Gasteiger partial charge in [0.25, 0.3) is 0 Å². The number of rotatable bonds is 2. The Labute approximate surface area is 111 Å². The Hall–Kier alpha value is -1.02. The molecule has 0 amide bonds. The standard InChI is InChI=1S/C16H25NO/c1-12-11-17-9-8-15(12)18-14-7-5-6-13(10-14)16(2,3)4/h5-7,10,12,15,17H,8-9,11H2,1-4H3. The number of nitrogens with one attached hydrogen (secondary N) is 1. The number of ether oxygens (including phenoxy) is 1. The van der Waals surface area contributed by atoms with Crippen LogP contribution in [-0.2, 0) is 5.41 Å². The lowest BCUT2D eigenvalue weighted by molar-refractivity contribution is 0.112. The Morgan fingerprint density at radius 3 is 2.72 bits per heavy atom. The Morgan fingerprint density at radius 2 is 2.06 bits per heavy atom. The van der Waals surface area contributed by atoms with E-state index in [0.717, 1.165) is 25.3 Å². The van der Waals surface area contributed by atoms with Crippen molar-refractivity contribution in [3.05, 3.63) is 29.8 Å². The SMILES string of the molecule is CC1CNCCC1Oc1cccc(C(C)(C)C)c1. The molecule has 2 nitrogen and oxygen atoms in total. The third kappa shape index (κ3) is 3.26. The first-order chi connectivity index (χ1) is 8.47. The Bertz CT molecular complexity index is 394. The van der Waals surface area contributed by atoms with Crippen LogP contribution in [0, 0.1) is 5.92 Å². The average Bonchev–Trinajstić information content (AvgIpc) is 2.31. The molecule has 2 atom stereocenters. The molecule has 18 heavy (non-hydrogen) atoms. The Balaban J connectivity index is 2.09. The molecule has 1 aromatic rings. The normalized spacial score (nSPS) is 24.9. The van der Waals surface area contributed by atoms with E-state index in [1.54, 1.807) is 0 Å². The zero-order valence-electron chi connectivity index (χ0n) is 12.0. The van der Waals surface area contributed by atoms with E-state index in [4.69, 9.17) is 4.74 Å². The van der Waals surface area contributed by atoms with Crippen LogP contribution >= 0.6 is 0 Å². The van der Waals surface area contributed by atoms with Crippen molar-refractivity contribution in [1.29, 1.82) is 0 Å². The van der Waals surface area contributed by atoms with Crippen molar-refractivity contribution in [3.8, 4) is 5.75 Å². The summed E-state index contributed by atoms with van der Waals surface area (Å²) in [6.07, 6.45) is 1.45. The summed E-state index contributed by atoms with van der Waals surface area (Å²) in [7, 11) is 0. The van der Waals surface area contributed by atoms with Crippen molar-refractivity contribution in [2.75, 3.05) is 13.1 Å². The highest BCUT2D eigenvalue weighted by molar-refractivity contribution is 5.32. The molecule has 0 aromatic heterocycles. The van der Waals surface area contributed by atoms with Gasteiger partial charge >= 0.3 is 0 Å². The van der Waals surface area contributed by atoms with Gasteiger partial charge in [-0.05, 0) is 36.1 Å². The number of hydrogen-bond donors (Lipinski definition) is 1. The zero-order chi connectivity index (χ0) is 13.2. The minimum atomic E-state index is 0.180. The van der Waals surface area contributed by atoms with Gasteiger partial charge in [-0.3, -0.25) is 0 Å². The predicted octanol–water partition coefficient (Wildman–Crippen LogP) is 3.36. The van der Waals surface area contributed by atoms with E-state index >= 15 is 0 Å². The van der Waals surface area contributed by atoms with E-state index < -0.39 is 0 Å². The van der Waals surface area contributed by atoms with E-state index in [1.807, 2.05) is 0 Å². The van der Waals surface area contributed by atoms with Crippen LogP contribution in [0.25, 0.3) is 0 Å². The largest absolute Gasteiger partial charge is 0.490 e. The minimum absolute atomic E-state index is 0.180. The zero-order valence-corrected chi connectivity index (χ0v) is 12.0.